The minimum absolute atomic E-state index is 0.451. The predicted octanol–water partition coefficient (Wildman–Crippen LogP) is 2.39. The molecule has 1 heterocycles. The van der Waals surface area contributed by atoms with E-state index in [-0.39, 0.29) is 0 Å². The SMILES string of the molecule is CSc1nnc(N)n1Cc1ccc(Br)cc1. The van der Waals surface area contributed by atoms with E-state index in [4.69, 9.17) is 5.73 Å². The van der Waals surface area contributed by atoms with Crippen molar-refractivity contribution in [3.8, 4) is 0 Å². The number of nitrogens with zero attached hydrogens (tertiary/aromatic N) is 3. The lowest BCUT2D eigenvalue weighted by Crippen LogP contribution is -2.05. The fourth-order valence-corrected chi connectivity index (χ4v) is 2.14. The van der Waals surface area contributed by atoms with Gasteiger partial charge in [-0.2, -0.15) is 0 Å². The molecule has 1 aromatic carbocycles. The molecule has 0 aliphatic rings. The average molecular weight is 299 g/mol. The summed E-state index contributed by atoms with van der Waals surface area (Å²) in [5, 5.41) is 8.69. The maximum Gasteiger partial charge on any atom is 0.222 e. The summed E-state index contributed by atoms with van der Waals surface area (Å²) < 4.78 is 2.96. The number of rotatable bonds is 3. The lowest BCUT2D eigenvalue weighted by Gasteiger charge is -2.06. The summed E-state index contributed by atoms with van der Waals surface area (Å²) in [6.45, 7) is 0.697. The first kappa shape index (κ1) is 11.5. The standard InChI is InChI=1S/C10H11BrN4S/c1-16-10-14-13-9(12)15(10)6-7-2-4-8(11)5-3-7/h2-5H,6H2,1H3,(H2,12,13). The van der Waals surface area contributed by atoms with Gasteiger partial charge in [-0.15, -0.1) is 10.2 Å². The minimum atomic E-state index is 0.451. The third-order valence-corrected chi connectivity index (χ3v) is 3.38. The van der Waals surface area contributed by atoms with Crippen LogP contribution in [0.25, 0.3) is 0 Å². The van der Waals surface area contributed by atoms with Gasteiger partial charge in [-0.25, -0.2) is 0 Å². The second-order valence-corrected chi connectivity index (χ2v) is 4.95. The molecule has 6 heteroatoms. The third-order valence-electron chi connectivity index (χ3n) is 2.18. The van der Waals surface area contributed by atoms with Gasteiger partial charge in [0.25, 0.3) is 0 Å². The molecule has 0 radical (unpaired) electrons. The number of thioether (sulfide) groups is 1. The molecule has 0 saturated carbocycles. The van der Waals surface area contributed by atoms with Crippen molar-refractivity contribution in [2.75, 3.05) is 12.0 Å². The Bertz CT molecular complexity index is 480. The number of aromatic nitrogens is 3. The van der Waals surface area contributed by atoms with Gasteiger partial charge in [0.2, 0.25) is 5.95 Å². The Morgan fingerprint density at radius 3 is 2.62 bits per heavy atom. The molecule has 0 aliphatic heterocycles. The van der Waals surface area contributed by atoms with Gasteiger partial charge in [-0.05, 0) is 24.0 Å². The average Bonchev–Trinajstić information content (AvgIpc) is 2.63. The van der Waals surface area contributed by atoms with E-state index in [9.17, 15) is 0 Å². The van der Waals surface area contributed by atoms with Crippen LogP contribution >= 0.6 is 27.7 Å². The zero-order valence-electron chi connectivity index (χ0n) is 8.72. The number of halogens is 1. The van der Waals surface area contributed by atoms with Crippen molar-refractivity contribution in [1.82, 2.24) is 14.8 Å². The maximum absolute atomic E-state index is 5.76. The van der Waals surface area contributed by atoms with Crippen LogP contribution in [0.5, 0.6) is 0 Å². The van der Waals surface area contributed by atoms with Gasteiger partial charge >= 0.3 is 0 Å². The summed E-state index contributed by atoms with van der Waals surface area (Å²) in [5.74, 6) is 0.451. The molecule has 0 spiro atoms. The first-order valence-corrected chi connectivity index (χ1v) is 6.69. The van der Waals surface area contributed by atoms with Crippen molar-refractivity contribution in [2.24, 2.45) is 0 Å². The highest BCUT2D eigenvalue weighted by molar-refractivity contribution is 9.10. The maximum atomic E-state index is 5.76. The van der Waals surface area contributed by atoms with E-state index >= 15 is 0 Å². The highest BCUT2D eigenvalue weighted by Gasteiger charge is 2.08. The van der Waals surface area contributed by atoms with Crippen LogP contribution in [-0.4, -0.2) is 21.0 Å². The highest BCUT2D eigenvalue weighted by Crippen LogP contribution is 2.18. The Labute approximate surface area is 106 Å². The monoisotopic (exact) mass is 298 g/mol. The molecule has 2 N–H and O–H groups in total. The van der Waals surface area contributed by atoms with E-state index in [2.05, 4.69) is 26.1 Å². The molecule has 2 aromatic rings. The van der Waals surface area contributed by atoms with Gasteiger partial charge < -0.3 is 5.73 Å². The van der Waals surface area contributed by atoms with E-state index in [1.54, 1.807) is 0 Å². The number of hydrogen-bond acceptors (Lipinski definition) is 4. The van der Waals surface area contributed by atoms with Crippen LogP contribution in [-0.2, 0) is 6.54 Å². The molecule has 2 rings (SSSR count). The molecule has 0 bridgehead atoms. The Hall–Kier alpha value is -1.01. The van der Waals surface area contributed by atoms with Gasteiger partial charge in [0.1, 0.15) is 0 Å². The number of hydrogen-bond donors (Lipinski definition) is 1. The molecule has 0 amide bonds. The second kappa shape index (κ2) is 4.88. The topological polar surface area (TPSA) is 56.7 Å². The Balaban J connectivity index is 2.26. The zero-order valence-corrected chi connectivity index (χ0v) is 11.1. The number of nitrogens with two attached hydrogens (primary N) is 1. The van der Waals surface area contributed by atoms with Crippen LogP contribution in [0, 0.1) is 0 Å². The Morgan fingerprint density at radius 1 is 1.31 bits per heavy atom. The molecule has 0 unspecified atom stereocenters. The first-order valence-electron chi connectivity index (χ1n) is 4.68. The van der Waals surface area contributed by atoms with Crippen LogP contribution in [0.4, 0.5) is 5.95 Å². The van der Waals surface area contributed by atoms with Crippen molar-refractivity contribution in [3.05, 3.63) is 34.3 Å². The van der Waals surface area contributed by atoms with Crippen LogP contribution in [0.15, 0.2) is 33.9 Å². The summed E-state index contributed by atoms with van der Waals surface area (Å²) in [6.07, 6.45) is 1.96. The quantitative estimate of drug-likeness (QED) is 0.884. The highest BCUT2D eigenvalue weighted by atomic mass is 79.9. The molecule has 84 valence electrons. The molecule has 1 aromatic heterocycles. The number of benzene rings is 1. The summed E-state index contributed by atoms with van der Waals surface area (Å²) in [6, 6.07) is 8.12. The minimum Gasteiger partial charge on any atom is -0.368 e. The third kappa shape index (κ3) is 2.38. The van der Waals surface area contributed by atoms with Crippen LogP contribution in [0.3, 0.4) is 0 Å². The van der Waals surface area contributed by atoms with Gasteiger partial charge in [0.15, 0.2) is 5.16 Å². The van der Waals surface area contributed by atoms with E-state index in [0.29, 0.717) is 12.5 Å². The van der Waals surface area contributed by atoms with E-state index in [1.807, 2.05) is 35.1 Å². The Morgan fingerprint density at radius 2 is 2.00 bits per heavy atom. The van der Waals surface area contributed by atoms with Gasteiger partial charge in [0.05, 0.1) is 6.54 Å². The van der Waals surface area contributed by atoms with Crippen molar-refractivity contribution >= 4 is 33.6 Å². The molecular formula is C10H11BrN4S. The summed E-state index contributed by atoms with van der Waals surface area (Å²) >= 11 is 4.94. The van der Waals surface area contributed by atoms with Gasteiger partial charge in [-0.3, -0.25) is 4.57 Å². The molecule has 0 saturated heterocycles. The van der Waals surface area contributed by atoms with Gasteiger partial charge in [0, 0.05) is 4.47 Å². The van der Waals surface area contributed by atoms with E-state index in [1.165, 1.54) is 17.3 Å². The Kier molecular flexibility index (Phi) is 3.50. The molecule has 0 aliphatic carbocycles. The molecule has 4 nitrogen and oxygen atoms in total. The van der Waals surface area contributed by atoms with Crippen molar-refractivity contribution in [2.45, 2.75) is 11.7 Å². The molecule has 0 fully saturated rings. The smallest absolute Gasteiger partial charge is 0.222 e. The zero-order chi connectivity index (χ0) is 11.5. The molecular weight excluding hydrogens is 288 g/mol. The number of nitrogen functional groups attached to an aromatic ring is 1. The first-order chi connectivity index (χ1) is 7.70. The molecule has 16 heavy (non-hydrogen) atoms. The summed E-state index contributed by atoms with van der Waals surface area (Å²) in [5.41, 5.74) is 6.93. The lowest BCUT2D eigenvalue weighted by atomic mass is 10.2. The van der Waals surface area contributed by atoms with E-state index < -0.39 is 0 Å². The van der Waals surface area contributed by atoms with Crippen LogP contribution < -0.4 is 5.73 Å². The fraction of sp³-hybridized carbons (Fsp3) is 0.200. The van der Waals surface area contributed by atoms with Crippen LogP contribution in [0.2, 0.25) is 0 Å². The van der Waals surface area contributed by atoms with Crippen molar-refractivity contribution in [1.29, 1.82) is 0 Å². The van der Waals surface area contributed by atoms with Crippen molar-refractivity contribution in [3.63, 3.8) is 0 Å². The summed E-state index contributed by atoms with van der Waals surface area (Å²) in [4.78, 5) is 0. The molecule has 0 atom stereocenters. The summed E-state index contributed by atoms with van der Waals surface area (Å²) in [7, 11) is 0. The van der Waals surface area contributed by atoms with E-state index in [0.717, 1.165) is 9.63 Å². The van der Waals surface area contributed by atoms with Gasteiger partial charge in [-0.1, -0.05) is 39.8 Å². The lowest BCUT2D eigenvalue weighted by molar-refractivity contribution is 0.718. The predicted molar refractivity (Wildman–Crippen MR) is 69.5 cm³/mol. The fourth-order valence-electron chi connectivity index (χ4n) is 1.37. The number of anilines is 1. The van der Waals surface area contributed by atoms with Crippen molar-refractivity contribution < 1.29 is 0 Å². The van der Waals surface area contributed by atoms with Crippen LogP contribution in [0.1, 0.15) is 5.56 Å². The second-order valence-electron chi connectivity index (χ2n) is 3.26. The largest absolute Gasteiger partial charge is 0.368 e. The normalized spacial score (nSPS) is 10.6.